The summed E-state index contributed by atoms with van der Waals surface area (Å²) in [6.07, 6.45) is 5.14. The first-order valence-corrected chi connectivity index (χ1v) is 7.47. The number of aryl methyl sites for hydroxylation is 1. The average molecular weight is 300 g/mol. The van der Waals surface area contributed by atoms with Crippen molar-refractivity contribution in [2.75, 3.05) is 20.6 Å². The molecule has 0 aliphatic heterocycles. The zero-order valence-electron chi connectivity index (χ0n) is 13.7. The van der Waals surface area contributed by atoms with Crippen LogP contribution in [0.2, 0.25) is 0 Å². The van der Waals surface area contributed by atoms with Gasteiger partial charge in [0, 0.05) is 18.9 Å². The molecule has 0 aliphatic carbocycles. The molecular formula is C17H24N4O. The number of hydrogen-bond acceptors (Lipinski definition) is 3. The minimum atomic E-state index is -0.261. The van der Waals surface area contributed by atoms with E-state index in [1.165, 1.54) is 11.1 Å². The van der Waals surface area contributed by atoms with Crippen LogP contribution >= 0.6 is 0 Å². The fraction of sp³-hybridized carbons (Fsp3) is 0.412. The number of hydrogen-bond donors (Lipinski definition) is 1. The zero-order chi connectivity index (χ0) is 16.1. The maximum atomic E-state index is 12.3. The maximum absolute atomic E-state index is 12.3. The normalized spacial score (nSPS) is 13.9. The van der Waals surface area contributed by atoms with Crippen LogP contribution in [0.4, 0.5) is 0 Å². The molecule has 0 unspecified atom stereocenters. The van der Waals surface area contributed by atoms with Crippen molar-refractivity contribution in [2.45, 2.75) is 25.9 Å². The van der Waals surface area contributed by atoms with Crippen molar-refractivity contribution < 1.29 is 4.79 Å². The van der Waals surface area contributed by atoms with Gasteiger partial charge < -0.3 is 14.8 Å². The Kier molecular flexibility index (Phi) is 5.33. The highest BCUT2D eigenvalue weighted by molar-refractivity contribution is 5.79. The van der Waals surface area contributed by atoms with Gasteiger partial charge in [0.05, 0.1) is 12.4 Å². The number of nitrogens with zero attached hydrogens (tertiary/aromatic N) is 3. The molecule has 5 heteroatoms. The predicted octanol–water partition coefficient (Wildman–Crippen LogP) is 2.17. The first kappa shape index (κ1) is 16.2. The Morgan fingerprint density at radius 3 is 2.55 bits per heavy atom. The highest BCUT2D eigenvalue weighted by atomic mass is 16.2. The molecule has 1 amide bonds. The van der Waals surface area contributed by atoms with Crippen LogP contribution in [0.15, 0.2) is 43.0 Å². The van der Waals surface area contributed by atoms with Gasteiger partial charge in [0.25, 0.3) is 0 Å². The van der Waals surface area contributed by atoms with Gasteiger partial charge in [0.1, 0.15) is 6.04 Å². The molecule has 0 saturated carbocycles. The van der Waals surface area contributed by atoms with Gasteiger partial charge in [-0.1, -0.05) is 29.8 Å². The molecule has 1 heterocycles. The van der Waals surface area contributed by atoms with Gasteiger partial charge in [-0.2, -0.15) is 0 Å². The Balaban J connectivity index is 2.00. The number of likely N-dealkylation sites (N-methyl/N-ethyl adjacent to an activating group) is 1. The van der Waals surface area contributed by atoms with Crippen molar-refractivity contribution in [3.8, 4) is 0 Å². The molecule has 22 heavy (non-hydrogen) atoms. The standard InChI is InChI=1S/C17H24N4O/c1-13-5-7-15(8-6-13)16(20(3)4)11-19-17(22)14(2)21-10-9-18-12-21/h5-10,12,14,16H,11H2,1-4H3,(H,19,22)/t14-,16+/m0/s1. The van der Waals surface area contributed by atoms with Crippen molar-refractivity contribution in [1.29, 1.82) is 0 Å². The molecule has 2 atom stereocenters. The van der Waals surface area contributed by atoms with Gasteiger partial charge in [-0.05, 0) is 33.5 Å². The van der Waals surface area contributed by atoms with Crippen molar-refractivity contribution in [3.63, 3.8) is 0 Å². The molecule has 5 nitrogen and oxygen atoms in total. The molecule has 0 bridgehead atoms. The monoisotopic (exact) mass is 300 g/mol. The Hall–Kier alpha value is -2.14. The van der Waals surface area contributed by atoms with Crippen LogP contribution in [-0.2, 0) is 4.79 Å². The van der Waals surface area contributed by atoms with Crippen LogP contribution in [0.25, 0.3) is 0 Å². The number of carbonyl (C=O) groups is 1. The second-order valence-electron chi connectivity index (χ2n) is 5.82. The third-order valence-corrected chi connectivity index (χ3v) is 3.91. The molecule has 0 aliphatic rings. The summed E-state index contributed by atoms with van der Waals surface area (Å²) >= 11 is 0. The summed E-state index contributed by atoms with van der Waals surface area (Å²) in [5.41, 5.74) is 2.44. The quantitative estimate of drug-likeness (QED) is 0.889. The summed E-state index contributed by atoms with van der Waals surface area (Å²) in [4.78, 5) is 18.4. The molecule has 2 aromatic rings. The number of amides is 1. The van der Waals surface area contributed by atoms with Crippen LogP contribution < -0.4 is 5.32 Å². The molecule has 2 rings (SSSR count). The fourth-order valence-corrected chi connectivity index (χ4v) is 2.37. The molecule has 118 valence electrons. The lowest BCUT2D eigenvalue weighted by molar-refractivity contribution is -0.124. The van der Waals surface area contributed by atoms with E-state index in [2.05, 4.69) is 46.4 Å². The topological polar surface area (TPSA) is 50.2 Å². The second kappa shape index (κ2) is 7.22. The largest absolute Gasteiger partial charge is 0.352 e. The van der Waals surface area contributed by atoms with Gasteiger partial charge in [-0.3, -0.25) is 4.79 Å². The summed E-state index contributed by atoms with van der Waals surface area (Å²) in [5, 5.41) is 3.04. The zero-order valence-corrected chi connectivity index (χ0v) is 13.7. The fourth-order valence-electron chi connectivity index (χ4n) is 2.37. The van der Waals surface area contributed by atoms with Crippen LogP contribution in [0.1, 0.15) is 30.1 Å². The van der Waals surface area contributed by atoms with E-state index in [1.807, 2.05) is 21.0 Å². The van der Waals surface area contributed by atoms with Crippen LogP contribution in [0.5, 0.6) is 0 Å². The number of rotatable bonds is 6. The lowest BCUT2D eigenvalue weighted by atomic mass is 10.0. The third-order valence-electron chi connectivity index (χ3n) is 3.91. The van der Waals surface area contributed by atoms with E-state index in [0.29, 0.717) is 6.54 Å². The van der Waals surface area contributed by atoms with Crippen LogP contribution in [0, 0.1) is 6.92 Å². The van der Waals surface area contributed by atoms with E-state index in [4.69, 9.17) is 0 Å². The summed E-state index contributed by atoms with van der Waals surface area (Å²) in [7, 11) is 4.05. The minimum absolute atomic E-state index is 0.00281. The second-order valence-corrected chi connectivity index (χ2v) is 5.82. The molecular weight excluding hydrogens is 276 g/mol. The molecule has 0 fully saturated rings. The summed E-state index contributed by atoms with van der Waals surface area (Å²) in [5.74, 6) is -0.00281. The molecule has 1 aromatic heterocycles. The Bertz CT molecular complexity index is 590. The van der Waals surface area contributed by atoms with E-state index in [1.54, 1.807) is 23.3 Å². The SMILES string of the molecule is Cc1ccc([C@@H](CNC(=O)[C@H](C)n2ccnc2)N(C)C)cc1. The first-order chi connectivity index (χ1) is 10.5. The highest BCUT2D eigenvalue weighted by Gasteiger charge is 2.18. The van der Waals surface area contributed by atoms with E-state index in [9.17, 15) is 4.79 Å². The maximum Gasteiger partial charge on any atom is 0.242 e. The molecule has 1 N–H and O–H groups in total. The van der Waals surface area contributed by atoms with Crippen LogP contribution in [-0.4, -0.2) is 41.0 Å². The first-order valence-electron chi connectivity index (χ1n) is 7.47. The van der Waals surface area contributed by atoms with E-state index in [-0.39, 0.29) is 18.0 Å². The third kappa shape index (κ3) is 3.95. The molecule has 0 spiro atoms. The van der Waals surface area contributed by atoms with E-state index < -0.39 is 0 Å². The lowest BCUT2D eigenvalue weighted by Gasteiger charge is -2.26. The lowest BCUT2D eigenvalue weighted by Crippen LogP contribution is -2.37. The van der Waals surface area contributed by atoms with Gasteiger partial charge in [0.15, 0.2) is 0 Å². The minimum Gasteiger partial charge on any atom is -0.352 e. The number of benzene rings is 1. The van der Waals surface area contributed by atoms with E-state index in [0.717, 1.165) is 0 Å². The Labute approximate surface area is 132 Å². The Morgan fingerprint density at radius 2 is 2.00 bits per heavy atom. The van der Waals surface area contributed by atoms with E-state index >= 15 is 0 Å². The summed E-state index contributed by atoms with van der Waals surface area (Å²) < 4.78 is 1.80. The molecule has 0 radical (unpaired) electrons. The smallest absolute Gasteiger partial charge is 0.242 e. The average Bonchev–Trinajstić information content (AvgIpc) is 3.02. The Morgan fingerprint density at radius 1 is 1.32 bits per heavy atom. The van der Waals surface area contributed by atoms with Gasteiger partial charge in [-0.15, -0.1) is 0 Å². The summed E-state index contributed by atoms with van der Waals surface area (Å²) in [6, 6.07) is 8.32. The van der Waals surface area contributed by atoms with Gasteiger partial charge in [-0.25, -0.2) is 4.98 Å². The summed E-state index contributed by atoms with van der Waals surface area (Å²) in [6.45, 7) is 4.52. The van der Waals surface area contributed by atoms with Gasteiger partial charge >= 0.3 is 0 Å². The molecule has 0 saturated heterocycles. The number of carbonyl (C=O) groups excluding carboxylic acids is 1. The van der Waals surface area contributed by atoms with Crippen molar-refractivity contribution in [1.82, 2.24) is 19.8 Å². The number of nitrogens with one attached hydrogen (secondary N) is 1. The number of aromatic nitrogens is 2. The highest BCUT2D eigenvalue weighted by Crippen LogP contribution is 2.18. The predicted molar refractivity (Wildman–Crippen MR) is 87.6 cm³/mol. The van der Waals surface area contributed by atoms with Crippen molar-refractivity contribution >= 4 is 5.91 Å². The van der Waals surface area contributed by atoms with Crippen molar-refractivity contribution in [3.05, 3.63) is 54.1 Å². The van der Waals surface area contributed by atoms with Crippen LogP contribution in [0.3, 0.4) is 0 Å². The van der Waals surface area contributed by atoms with Crippen molar-refractivity contribution in [2.24, 2.45) is 0 Å². The van der Waals surface area contributed by atoms with Gasteiger partial charge in [0.2, 0.25) is 5.91 Å². The number of imidazole rings is 1. The molecule has 1 aromatic carbocycles.